The van der Waals surface area contributed by atoms with Crippen LogP contribution in [0.25, 0.3) is 0 Å². The summed E-state index contributed by atoms with van der Waals surface area (Å²) in [7, 11) is 0. The van der Waals surface area contributed by atoms with Crippen molar-refractivity contribution in [2.75, 3.05) is 32.7 Å². The first kappa shape index (κ1) is 9.91. The average Bonchev–Trinajstić information content (AvgIpc) is 2.29. The van der Waals surface area contributed by atoms with Crippen LogP contribution in [0.4, 0.5) is 0 Å². The van der Waals surface area contributed by atoms with Gasteiger partial charge < -0.3 is 5.11 Å². The van der Waals surface area contributed by atoms with Gasteiger partial charge in [0.25, 0.3) is 0 Å². The Morgan fingerprint density at radius 3 is 2.69 bits per heavy atom. The Labute approximate surface area is 76.1 Å². The maximum absolute atomic E-state index is 10.4. The third-order valence-corrected chi connectivity index (χ3v) is 2.04. The van der Waals surface area contributed by atoms with E-state index in [4.69, 9.17) is 5.11 Å². The molecule has 0 radical (unpaired) electrons. The lowest BCUT2D eigenvalue weighted by Gasteiger charge is -2.16. The van der Waals surface area contributed by atoms with E-state index >= 15 is 0 Å². The van der Waals surface area contributed by atoms with Gasteiger partial charge in [0.05, 0.1) is 18.4 Å². The fraction of sp³-hybridized carbons (Fsp3) is 0.857. The molecule has 0 bridgehead atoms. The summed E-state index contributed by atoms with van der Waals surface area (Å²) in [6, 6.07) is 0. The van der Waals surface area contributed by atoms with E-state index in [2.05, 4.69) is 5.29 Å². The summed E-state index contributed by atoms with van der Waals surface area (Å²) in [6.45, 7) is 2.51. The van der Waals surface area contributed by atoms with Gasteiger partial charge in [-0.15, -0.1) is 4.91 Å². The highest BCUT2D eigenvalue weighted by atomic mass is 16.4. The highest BCUT2D eigenvalue weighted by molar-refractivity contribution is 5.69. The number of rotatable bonds is 3. The van der Waals surface area contributed by atoms with Gasteiger partial charge in [0.1, 0.15) is 0 Å². The number of carboxylic acid groups (broad SMARTS) is 1. The highest BCUT2D eigenvalue weighted by Gasteiger charge is 2.15. The zero-order chi connectivity index (χ0) is 9.68. The van der Waals surface area contributed by atoms with Crippen LogP contribution in [0.15, 0.2) is 5.29 Å². The molecule has 1 saturated heterocycles. The van der Waals surface area contributed by atoms with Crippen LogP contribution in [0.5, 0.6) is 0 Å². The SMILES string of the molecule is O=NN1CCCN(CC(=O)O)CC1. The van der Waals surface area contributed by atoms with Crippen molar-refractivity contribution >= 4 is 5.97 Å². The van der Waals surface area contributed by atoms with Crippen LogP contribution in [-0.2, 0) is 4.79 Å². The molecule has 1 rings (SSSR count). The molecule has 0 aromatic rings. The fourth-order valence-electron chi connectivity index (χ4n) is 1.39. The molecular formula is C7H13N3O3. The molecule has 1 fully saturated rings. The van der Waals surface area contributed by atoms with Crippen molar-refractivity contribution in [1.29, 1.82) is 0 Å². The molecule has 0 unspecified atom stereocenters. The molecule has 0 aromatic heterocycles. The Morgan fingerprint density at radius 2 is 2.08 bits per heavy atom. The first-order chi connectivity index (χ1) is 6.22. The van der Waals surface area contributed by atoms with E-state index < -0.39 is 5.97 Å². The highest BCUT2D eigenvalue weighted by Crippen LogP contribution is 2.02. The third kappa shape index (κ3) is 3.37. The van der Waals surface area contributed by atoms with Crippen LogP contribution in [0, 0.1) is 4.91 Å². The monoisotopic (exact) mass is 187 g/mol. The molecule has 13 heavy (non-hydrogen) atoms. The maximum atomic E-state index is 10.4. The zero-order valence-electron chi connectivity index (χ0n) is 7.35. The van der Waals surface area contributed by atoms with E-state index in [0.717, 1.165) is 13.0 Å². The molecule has 0 spiro atoms. The number of aliphatic carboxylic acids is 1. The lowest BCUT2D eigenvalue weighted by atomic mass is 10.4. The summed E-state index contributed by atoms with van der Waals surface area (Å²) >= 11 is 0. The minimum Gasteiger partial charge on any atom is -0.480 e. The molecule has 1 aliphatic rings. The van der Waals surface area contributed by atoms with Gasteiger partial charge >= 0.3 is 5.97 Å². The Hall–Kier alpha value is -1.17. The lowest BCUT2D eigenvalue weighted by molar-refractivity contribution is -0.138. The van der Waals surface area contributed by atoms with Gasteiger partial charge in [-0.1, -0.05) is 0 Å². The predicted octanol–water partition coefficient (Wildman–Crippen LogP) is -0.240. The van der Waals surface area contributed by atoms with Crippen molar-refractivity contribution in [2.45, 2.75) is 6.42 Å². The first-order valence-electron chi connectivity index (χ1n) is 4.24. The molecule has 1 aliphatic heterocycles. The lowest BCUT2D eigenvalue weighted by Crippen LogP contribution is -2.33. The first-order valence-corrected chi connectivity index (χ1v) is 4.24. The van der Waals surface area contributed by atoms with Crippen molar-refractivity contribution in [2.24, 2.45) is 5.29 Å². The Morgan fingerprint density at radius 1 is 1.31 bits per heavy atom. The van der Waals surface area contributed by atoms with E-state index in [9.17, 15) is 9.70 Å². The molecule has 6 nitrogen and oxygen atoms in total. The molecular weight excluding hydrogens is 174 g/mol. The summed E-state index contributed by atoms with van der Waals surface area (Å²) in [5.41, 5.74) is 0. The average molecular weight is 187 g/mol. The van der Waals surface area contributed by atoms with Gasteiger partial charge in [-0.3, -0.25) is 14.7 Å². The van der Waals surface area contributed by atoms with E-state index in [1.54, 1.807) is 0 Å². The van der Waals surface area contributed by atoms with E-state index in [0.29, 0.717) is 19.6 Å². The van der Waals surface area contributed by atoms with Crippen LogP contribution in [0.1, 0.15) is 6.42 Å². The minimum atomic E-state index is -0.826. The van der Waals surface area contributed by atoms with Crippen molar-refractivity contribution in [3.63, 3.8) is 0 Å². The Balaban J connectivity index is 2.35. The van der Waals surface area contributed by atoms with Gasteiger partial charge in [0, 0.05) is 19.6 Å². The standard InChI is InChI=1S/C7H13N3O3/c11-7(12)6-9-2-1-3-10(8-13)5-4-9/h1-6H2,(H,11,12). The molecule has 0 amide bonds. The summed E-state index contributed by atoms with van der Waals surface area (Å²) < 4.78 is 0. The quantitative estimate of drug-likeness (QED) is 0.617. The van der Waals surface area contributed by atoms with Crippen LogP contribution < -0.4 is 0 Å². The fourth-order valence-corrected chi connectivity index (χ4v) is 1.39. The second kappa shape index (κ2) is 4.76. The molecule has 1 N–H and O–H groups in total. The molecule has 0 atom stereocenters. The van der Waals surface area contributed by atoms with Crippen LogP contribution in [0.3, 0.4) is 0 Å². The molecule has 0 aliphatic carbocycles. The van der Waals surface area contributed by atoms with Gasteiger partial charge in [0.15, 0.2) is 0 Å². The number of carboxylic acids is 1. The molecule has 0 aromatic carbocycles. The van der Waals surface area contributed by atoms with Gasteiger partial charge in [0.2, 0.25) is 0 Å². The molecule has 74 valence electrons. The number of hydrogen-bond acceptors (Lipinski definition) is 4. The smallest absolute Gasteiger partial charge is 0.317 e. The van der Waals surface area contributed by atoms with E-state index in [1.165, 1.54) is 5.01 Å². The second-order valence-corrected chi connectivity index (χ2v) is 3.06. The van der Waals surface area contributed by atoms with Crippen LogP contribution >= 0.6 is 0 Å². The maximum Gasteiger partial charge on any atom is 0.317 e. The summed E-state index contributed by atoms with van der Waals surface area (Å²) in [4.78, 5) is 22.4. The number of hydrogen-bond donors (Lipinski definition) is 1. The van der Waals surface area contributed by atoms with Crippen molar-refractivity contribution in [3.8, 4) is 0 Å². The second-order valence-electron chi connectivity index (χ2n) is 3.06. The van der Waals surface area contributed by atoms with E-state index in [-0.39, 0.29) is 6.54 Å². The van der Waals surface area contributed by atoms with Crippen molar-refractivity contribution in [3.05, 3.63) is 4.91 Å². The normalized spacial score (nSPS) is 19.5. The number of nitrogens with zero attached hydrogens (tertiary/aromatic N) is 3. The minimum absolute atomic E-state index is 0.0483. The third-order valence-electron chi connectivity index (χ3n) is 2.04. The Kier molecular flexibility index (Phi) is 3.63. The summed E-state index contributed by atoms with van der Waals surface area (Å²) in [5, 5.41) is 12.8. The zero-order valence-corrected chi connectivity index (χ0v) is 7.35. The number of carbonyl (C=O) groups is 1. The van der Waals surface area contributed by atoms with Gasteiger partial charge in [-0.25, -0.2) is 0 Å². The molecule has 0 saturated carbocycles. The van der Waals surface area contributed by atoms with Gasteiger partial charge in [-0.2, -0.15) is 0 Å². The topological polar surface area (TPSA) is 73.2 Å². The van der Waals surface area contributed by atoms with Gasteiger partial charge in [-0.05, 0) is 6.42 Å². The van der Waals surface area contributed by atoms with Crippen LogP contribution in [0.2, 0.25) is 0 Å². The van der Waals surface area contributed by atoms with Crippen molar-refractivity contribution < 1.29 is 9.90 Å². The Bertz CT molecular complexity index is 197. The summed E-state index contributed by atoms with van der Waals surface area (Å²) in [5.74, 6) is -0.826. The summed E-state index contributed by atoms with van der Waals surface area (Å²) in [6.07, 6.45) is 0.791. The van der Waals surface area contributed by atoms with E-state index in [1.807, 2.05) is 4.90 Å². The molecule has 6 heteroatoms. The predicted molar refractivity (Wildman–Crippen MR) is 46.1 cm³/mol. The van der Waals surface area contributed by atoms with Crippen LogP contribution in [-0.4, -0.2) is 53.7 Å². The van der Waals surface area contributed by atoms with Crippen molar-refractivity contribution in [1.82, 2.24) is 9.91 Å². The largest absolute Gasteiger partial charge is 0.480 e. The molecule has 1 heterocycles. The number of nitroso groups, excluding NO2 is 1.